The molecule has 1 heterocycles. The number of benzene rings is 2. The first-order chi connectivity index (χ1) is 14.3. The minimum Gasteiger partial charge on any atom is -0.481 e. The number of fused-ring (bicyclic) bond motifs is 1. The second-order valence-electron chi connectivity index (χ2n) is 7.18. The van der Waals surface area contributed by atoms with Crippen LogP contribution in [0, 0.1) is 0 Å². The minimum absolute atomic E-state index is 0.0711. The molecule has 1 aromatic heterocycles. The number of carboxylic acid groups (broad SMARTS) is 1. The van der Waals surface area contributed by atoms with Gasteiger partial charge in [-0.05, 0) is 55.0 Å². The number of imidazole rings is 1. The fourth-order valence-electron chi connectivity index (χ4n) is 3.70. The number of rotatable bonds is 9. The van der Waals surface area contributed by atoms with E-state index in [1.54, 1.807) is 18.2 Å². The second kappa shape index (κ2) is 9.90. The zero-order valence-corrected chi connectivity index (χ0v) is 19.2. The number of hydrogen-bond acceptors (Lipinski definition) is 3. The van der Waals surface area contributed by atoms with Crippen molar-refractivity contribution in [3.05, 3.63) is 51.0 Å². The van der Waals surface area contributed by atoms with Crippen LogP contribution in [0.2, 0.25) is 15.1 Å². The highest BCUT2D eigenvalue weighted by atomic mass is 35.5. The van der Waals surface area contributed by atoms with E-state index in [1.165, 1.54) is 0 Å². The Kier molecular flexibility index (Phi) is 7.50. The molecule has 3 rings (SSSR count). The smallest absolute Gasteiger partial charge is 0.303 e. The molecule has 30 heavy (non-hydrogen) atoms. The highest BCUT2D eigenvalue weighted by Gasteiger charge is 2.21. The maximum absolute atomic E-state index is 11.1. The van der Waals surface area contributed by atoms with Gasteiger partial charge in [-0.2, -0.15) is 0 Å². The van der Waals surface area contributed by atoms with Gasteiger partial charge in [-0.1, -0.05) is 54.7 Å². The van der Waals surface area contributed by atoms with Crippen molar-refractivity contribution in [1.29, 1.82) is 0 Å². The monoisotopic (exact) mass is 467 g/mol. The van der Waals surface area contributed by atoms with Crippen molar-refractivity contribution in [1.82, 2.24) is 9.55 Å². The van der Waals surface area contributed by atoms with Gasteiger partial charge in [0.05, 0.1) is 21.2 Å². The summed E-state index contributed by atoms with van der Waals surface area (Å²) in [7, 11) is 0. The van der Waals surface area contributed by atoms with Crippen molar-refractivity contribution in [2.24, 2.45) is 0 Å². The fourth-order valence-corrected chi connectivity index (χ4v) is 4.35. The lowest BCUT2D eigenvalue weighted by molar-refractivity contribution is -0.137. The van der Waals surface area contributed by atoms with Gasteiger partial charge in [-0.15, -0.1) is 0 Å². The van der Waals surface area contributed by atoms with Crippen molar-refractivity contribution < 1.29 is 9.90 Å². The number of aryl methyl sites for hydroxylation is 1. The quantitative estimate of drug-likeness (QED) is 0.341. The summed E-state index contributed by atoms with van der Waals surface area (Å²) in [6.07, 6.45) is 2.51. The van der Waals surface area contributed by atoms with Crippen molar-refractivity contribution >= 4 is 63.4 Å². The third-order valence-corrected chi connectivity index (χ3v) is 6.10. The van der Waals surface area contributed by atoms with Crippen molar-refractivity contribution in [2.45, 2.75) is 52.0 Å². The van der Waals surface area contributed by atoms with Crippen LogP contribution in [0.5, 0.6) is 0 Å². The molecule has 0 bridgehead atoms. The van der Waals surface area contributed by atoms with Crippen LogP contribution in [-0.2, 0) is 11.3 Å². The molecule has 8 heteroatoms. The Morgan fingerprint density at radius 1 is 1.13 bits per heavy atom. The molecule has 0 aliphatic heterocycles. The summed E-state index contributed by atoms with van der Waals surface area (Å²) in [6, 6.07) is 9.12. The SMILES string of the molecule is CCC(CC)c1ccc(Cl)c2nc(Nc3ccc(Cl)cc3Cl)n(CCCC(=O)O)c12. The lowest BCUT2D eigenvalue weighted by atomic mass is 9.93. The number of nitrogens with zero attached hydrogens (tertiary/aromatic N) is 2. The first-order valence-electron chi connectivity index (χ1n) is 9.98. The molecule has 0 aliphatic rings. The molecule has 0 saturated carbocycles. The molecular formula is C22H24Cl3N3O2. The van der Waals surface area contributed by atoms with E-state index in [-0.39, 0.29) is 6.42 Å². The number of carbonyl (C=O) groups is 1. The Morgan fingerprint density at radius 2 is 1.87 bits per heavy atom. The predicted molar refractivity (Wildman–Crippen MR) is 125 cm³/mol. The maximum Gasteiger partial charge on any atom is 0.303 e. The van der Waals surface area contributed by atoms with Gasteiger partial charge in [0.2, 0.25) is 5.95 Å². The summed E-state index contributed by atoms with van der Waals surface area (Å²) in [6.45, 7) is 4.81. The Balaban J connectivity index is 2.15. The van der Waals surface area contributed by atoms with E-state index < -0.39 is 5.97 Å². The van der Waals surface area contributed by atoms with Crippen LogP contribution in [0.3, 0.4) is 0 Å². The van der Waals surface area contributed by atoms with Gasteiger partial charge in [0.1, 0.15) is 5.52 Å². The number of aliphatic carboxylic acids is 1. The van der Waals surface area contributed by atoms with E-state index in [0.29, 0.717) is 51.1 Å². The Hall–Kier alpha value is -1.95. The van der Waals surface area contributed by atoms with Crippen LogP contribution in [0.25, 0.3) is 11.0 Å². The van der Waals surface area contributed by atoms with Gasteiger partial charge in [-0.25, -0.2) is 4.98 Å². The number of hydrogen-bond donors (Lipinski definition) is 2. The van der Waals surface area contributed by atoms with Gasteiger partial charge >= 0.3 is 5.97 Å². The van der Waals surface area contributed by atoms with Gasteiger partial charge in [0.15, 0.2) is 0 Å². The standard InChI is InChI=1S/C22H24Cl3N3O2/c1-3-13(4-2)15-8-9-16(24)20-21(15)28(11-5-6-19(29)30)22(27-20)26-18-10-7-14(23)12-17(18)25/h7-10,12-13H,3-6,11H2,1-2H3,(H,26,27)(H,29,30). The predicted octanol–water partition coefficient (Wildman–Crippen LogP) is 7.51. The number of halogens is 3. The molecule has 160 valence electrons. The van der Waals surface area contributed by atoms with Gasteiger partial charge in [0, 0.05) is 18.0 Å². The van der Waals surface area contributed by atoms with Crippen LogP contribution >= 0.6 is 34.8 Å². The summed E-state index contributed by atoms with van der Waals surface area (Å²) in [4.78, 5) is 15.8. The zero-order valence-electron chi connectivity index (χ0n) is 16.9. The highest BCUT2D eigenvalue weighted by Crippen LogP contribution is 2.37. The van der Waals surface area contributed by atoms with Crippen LogP contribution < -0.4 is 5.32 Å². The first kappa shape index (κ1) is 22.7. The number of anilines is 2. The van der Waals surface area contributed by atoms with Crippen LogP contribution in [0.1, 0.15) is 51.0 Å². The molecule has 0 aliphatic carbocycles. The normalized spacial score (nSPS) is 11.4. The van der Waals surface area contributed by atoms with Gasteiger partial charge in [0.25, 0.3) is 0 Å². The molecule has 0 atom stereocenters. The Bertz CT molecular complexity index is 1060. The molecule has 2 N–H and O–H groups in total. The van der Waals surface area contributed by atoms with E-state index >= 15 is 0 Å². The van der Waals surface area contributed by atoms with Crippen LogP contribution in [-0.4, -0.2) is 20.6 Å². The summed E-state index contributed by atoms with van der Waals surface area (Å²) in [5.74, 6) is 0.0968. The number of carboxylic acids is 1. The molecule has 3 aromatic rings. The van der Waals surface area contributed by atoms with E-state index in [9.17, 15) is 4.79 Å². The lowest BCUT2D eigenvalue weighted by Gasteiger charge is -2.18. The fraction of sp³-hybridized carbons (Fsp3) is 0.364. The minimum atomic E-state index is -0.826. The molecule has 0 unspecified atom stereocenters. The van der Waals surface area contributed by atoms with Crippen molar-refractivity contribution in [3.8, 4) is 0 Å². The molecule has 0 radical (unpaired) electrons. The second-order valence-corrected chi connectivity index (χ2v) is 8.43. The zero-order chi connectivity index (χ0) is 21.8. The van der Waals surface area contributed by atoms with Gasteiger partial charge in [-0.3, -0.25) is 4.79 Å². The summed E-state index contributed by atoms with van der Waals surface area (Å²) in [5, 5.41) is 13.9. The Labute approximate surface area is 191 Å². The average molecular weight is 469 g/mol. The molecule has 2 aromatic carbocycles. The van der Waals surface area contributed by atoms with Crippen LogP contribution in [0.4, 0.5) is 11.6 Å². The third kappa shape index (κ3) is 4.85. The van der Waals surface area contributed by atoms with Crippen LogP contribution in [0.15, 0.2) is 30.3 Å². The lowest BCUT2D eigenvalue weighted by Crippen LogP contribution is -2.08. The highest BCUT2D eigenvalue weighted by molar-refractivity contribution is 6.36. The first-order valence-corrected chi connectivity index (χ1v) is 11.1. The average Bonchev–Trinajstić information content (AvgIpc) is 3.05. The van der Waals surface area contributed by atoms with E-state index in [0.717, 1.165) is 23.9 Å². The topological polar surface area (TPSA) is 67.2 Å². The van der Waals surface area contributed by atoms with E-state index in [4.69, 9.17) is 44.9 Å². The summed E-state index contributed by atoms with van der Waals surface area (Å²) >= 11 is 18.9. The van der Waals surface area contributed by atoms with E-state index in [2.05, 4.69) is 25.2 Å². The summed E-state index contributed by atoms with van der Waals surface area (Å²) < 4.78 is 2.02. The number of nitrogens with one attached hydrogen (secondary N) is 1. The number of aromatic nitrogens is 2. The van der Waals surface area contributed by atoms with Gasteiger partial charge < -0.3 is 15.0 Å². The molecule has 0 spiro atoms. The third-order valence-electron chi connectivity index (χ3n) is 5.25. The Morgan fingerprint density at radius 3 is 2.50 bits per heavy atom. The van der Waals surface area contributed by atoms with Crippen molar-refractivity contribution in [2.75, 3.05) is 5.32 Å². The summed E-state index contributed by atoms with van der Waals surface area (Å²) in [5.41, 5.74) is 3.46. The molecule has 0 fully saturated rings. The maximum atomic E-state index is 11.1. The molecular weight excluding hydrogens is 445 g/mol. The molecule has 0 saturated heterocycles. The molecule has 0 amide bonds. The molecule has 5 nitrogen and oxygen atoms in total. The largest absolute Gasteiger partial charge is 0.481 e. The van der Waals surface area contributed by atoms with E-state index in [1.807, 2.05) is 10.6 Å². The van der Waals surface area contributed by atoms with Crippen molar-refractivity contribution in [3.63, 3.8) is 0 Å².